The summed E-state index contributed by atoms with van der Waals surface area (Å²) in [4.78, 5) is 12.0. The number of amides is 1. The summed E-state index contributed by atoms with van der Waals surface area (Å²) in [5.74, 6) is 5.34. The smallest absolute Gasteiger partial charge is 0.251 e. The monoisotopic (exact) mass is 309 g/mol. The lowest BCUT2D eigenvalue weighted by atomic mass is 10.1. The second-order valence-electron chi connectivity index (χ2n) is 4.52. The first kappa shape index (κ1) is 17.2. The van der Waals surface area contributed by atoms with Crippen molar-refractivity contribution < 1.29 is 13.2 Å². The number of rotatable bonds is 5. The molecule has 0 radical (unpaired) electrons. The molecule has 0 aliphatic carbocycles. The fourth-order valence-corrected chi connectivity index (χ4v) is 2.13. The van der Waals surface area contributed by atoms with Crippen LogP contribution < -0.4 is 15.8 Å². The zero-order valence-electron chi connectivity index (χ0n) is 12.1. The Morgan fingerprint density at radius 1 is 1.29 bits per heavy atom. The van der Waals surface area contributed by atoms with Gasteiger partial charge in [0.05, 0.1) is 12.8 Å². The fourth-order valence-electron chi connectivity index (χ4n) is 1.65. The highest BCUT2D eigenvalue weighted by atomic mass is 32.2. The maximum absolute atomic E-state index is 12.0. The van der Waals surface area contributed by atoms with Gasteiger partial charge in [0.2, 0.25) is 10.0 Å². The first-order valence-corrected chi connectivity index (χ1v) is 8.24. The van der Waals surface area contributed by atoms with E-state index in [0.29, 0.717) is 5.56 Å². The average Bonchev–Trinajstić information content (AvgIpc) is 2.39. The van der Waals surface area contributed by atoms with Crippen molar-refractivity contribution in [2.45, 2.75) is 6.92 Å². The van der Waals surface area contributed by atoms with Crippen molar-refractivity contribution in [1.82, 2.24) is 10.0 Å². The van der Waals surface area contributed by atoms with Crippen LogP contribution in [0.1, 0.15) is 21.5 Å². The summed E-state index contributed by atoms with van der Waals surface area (Å²) in [6, 6.07) is 5.28. The van der Waals surface area contributed by atoms with Crippen molar-refractivity contribution >= 4 is 15.9 Å². The van der Waals surface area contributed by atoms with Crippen LogP contribution in [0, 0.1) is 18.8 Å². The highest BCUT2D eigenvalue weighted by Crippen LogP contribution is 2.08. The molecule has 0 fully saturated rings. The number of hydrogen-bond acceptors (Lipinski definition) is 4. The SMILES string of the molecule is Cc1cc(C#CCN)cc(C(=O)NCCNS(C)(=O)=O)c1. The van der Waals surface area contributed by atoms with Gasteiger partial charge in [-0.1, -0.05) is 11.8 Å². The predicted octanol–water partition coefficient (Wildman–Crippen LogP) is -0.416. The minimum atomic E-state index is -3.24. The van der Waals surface area contributed by atoms with E-state index < -0.39 is 10.0 Å². The molecule has 4 N–H and O–H groups in total. The van der Waals surface area contributed by atoms with E-state index in [1.54, 1.807) is 12.1 Å². The van der Waals surface area contributed by atoms with Gasteiger partial charge in [-0.2, -0.15) is 0 Å². The van der Waals surface area contributed by atoms with Gasteiger partial charge < -0.3 is 11.1 Å². The summed E-state index contributed by atoms with van der Waals surface area (Å²) in [7, 11) is -3.24. The van der Waals surface area contributed by atoms with Gasteiger partial charge >= 0.3 is 0 Å². The summed E-state index contributed by atoms with van der Waals surface area (Å²) < 4.78 is 24.1. The average molecular weight is 309 g/mol. The molecule has 1 amide bonds. The number of carbonyl (C=O) groups excluding carboxylic acids is 1. The van der Waals surface area contributed by atoms with Crippen molar-refractivity contribution in [3.63, 3.8) is 0 Å². The zero-order valence-corrected chi connectivity index (χ0v) is 12.9. The minimum Gasteiger partial charge on any atom is -0.351 e. The third-order valence-electron chi connectivity index (χ3n) is 2.45. The van der Waals surface area contributed by atoms with Gasteiger partial charge in [0.25, 0.3) is 5.91 Å². The van der Waals surface area contributed by atoms with Gasteiger partial charge in [-0.15, -0.1) is 0 Å². The molecule has 0 aliphatic rings. The van der Waals surface area contributed by atoms with Crippen molar-refractivity contribution in [2.24, 2.45) is 5.73 Å². The molecule has 0 aliphatic heterocycles. The first-order chi connectivity index (χ1) is 9.81. The van der Waals surface area contributed by atoms with Gasteiger partial charge in [-0.25, -0.2) is 13.1 Å². The number of sulfonamides is 1. The number of nitrogens with two attached hydrogens (primary N) is 1. The Kier molecular flexibility index (Phi) is 6.37. The van der Waals surface area contributed by atoms with Crippen LogP contribution in [0.5, 0.6) is 0 Å². The molecule has 7 heteroatoms. The Bertz CT molecular complexity index is 672. The second kappa shape index (κ2) is 7.78. The summed E-state index contributed by atoms with van der Waals surface area (Å²) in [5.41, 5.74) is 7.44. The lowest BCUT2D eigenvalue weighted by Crippen LogP contribution is -2.34. The molecule has 0 aromatic heterocycles. The largest absolute Gasteiger partial charge is 0.351 e. The van der Waals surface area contributed by atoms with Gasteiger partial charge in [-0.05, 0) is 30.7 Å². The molecule has 1 aromatic carbocycles. The fraction of sp³-hybridized carbons (Fsp3) is 0.357. The number of hydrogen-bond donors (Lipinski definition) is 3. The van der Waals surface area contributed by atoms with Gasteiger partial charge in [0, 0.05) is 24.2 Å². The highest BCUT2D eigenvalue weighted by Gasteiger charge is 2.07. The Hall–Kier alpha value is -1.88. The number of benzene rings is 1. The normalized spacial score (nSPS) is 10.6. The zero-order chi connectivity index (χ0) is 15.9. The quantitative estimate of drug-likeness (QED) is 0.508. The van der Waals surface area contributed by atoms with Crippen LogP contribution in [0.15, 0.2) is 18.2 Å². The molecular formula is C14H19N3O3S. The predicted molar refractivity (Wildman–Crippen MR) is 82.3 cm³/mol. The topological polar surface area (TPSA) is 101 Å². The van der Waals surface area contributed by atoms with Crippen molar-refractivity contribution in [1.29, 1.82) is 0 Å². The lowest BCUT2D eigenvalue weighted by Gasteiger charge is -2.07. The van der Waals surface area contributed by atoms with Gasteiger partial charge in [-0.3, -0.25) is 4.79 Å². The van der Waals surface area contributed by atoms with Crippen molar-refractivity contribution in [3.05, 3.63) is 34.9 Å². The maximum atomic E-state index is 12.0. The third kappa shape index (κ3) is 6.90. The van der Waals surface area contributed by atoms with Crippen molar-refractivity contribution in [3.8, 4) is 11.8 Å². The van der Waals surface area contributed by atoms with E-state index >= 15 is 0 Å². The van der Waals surface area contributed by atoms with Crippen LogP contribution in [0.4, 0.5) is 0 Å². The van der Waals surface area contributed by atoms with Crippen molar-refractivity contribution in [2.75, 3.05) is 25.9 Å². The summed E-state index contributed by atoms with van der Waals surface area (Å²) in [5, 5.41) is 2.64. The number of aryl methyl sites for hydroxylation is 1. The summed E-state index contributed by atoms with van der Waals surface area (Å²) in [6.07, 6.45) is 1.07. The molecule has 1 aromatic rings. The van der Waals surface area contributed by atoms with E-state index in [4.69, 9.17) is 5.73 Å². The van der Waals surface area contributed by atoms with Gasteiger partial charge in [0.1, 0.15) is 0 Å². The maximum Gasteiger partial charge on any atom is 0.251 e. The molecule has 0 saturated carbocycles. The number of carbonyl (C=O) groups is 1. The van der Waals surface area contributed by atoms with E-state index in [0.717, 1.165) is 17.4 Å². The van der Waals surface area contributed by atoms with E-state index in [1.165, 1.54) is 0 Å². The van der Waals surface area contributed by atoms with Crippen LogP contribution in [-0.2, 0) is 10.0 Å². The molecule has 0 saturated heterocycles. The van der Waals surface area contributed by atoms with Crippen LogP contribution in [0.25, 0.3) is 0 Å². The Labute approximate surface area is 125 Å². The van der Waals surface area contributed by atoms with E-state index in [-0.39, 0.29) is 25.5 Å². The molecule has 0 spiro atoms. The first-order valence-electron chi connectivity index (χ1n) is 6.35. The standard InChI is InChI=1S/C14H19N3O3S/c1-11-8-12(4-3-5-15)10-13(9-11)14(18)16-6-7-17-21(2,19)20/h8-10,17H,5-7,15H2,1-2H3,(H,16,18). The molecule has 0 heterocycles. The molecule has 6 nitrogen and oxygen atoms in total. The molecule has 0 atom stereocenters. The van der Waals surface area contributed by atoms with E-state index in [9.17, 15) is 13.2 Å². The molecule has 1 rings (SSSR count). The number of nitrogens with one attached hydrogen (secondary N) is 2. The van der Waals surface area contributed by atoms with Crippen LogP contribution in [0.3, 0.4) is 0 Å². The second-order valence-corrected chi connectivity index (χ2v) is 6.35. The summed E-state index contributed by atoms with van der Waals surface area (Å²) >= 11 is 0. The van der Waals surface area contributed by atoms with Gasteiger partial charge in [0.15, 0.2) is 0 Å². The Morgan fingerprint density at radius 2 is 2.00 bits per heavy atom. The lowest BCUT2D eigenvalue weighted by molar-refractivity contribution is 0.0954. The summed E-state index contributed by atoms with van der Waals surface area (Å²) in [6.45, 7) is 2.49. The van der Waals surface area contributed by atoms with Crippen LogP contribution in [0.2, 0.25) is 0 Å². The molecule has 0 bridgehead atoms. The third-order valence-corrected chi connectivity index (χ3v) is 3.18. The van der Waals surface area contributed by atoms with E-state index in [1.807, 2.05) is 13.0 Å². The molecule has 21 heavy (non-hydrogen) atoms. The van der Waals surface area contributed by atoms with E-state index in [2.05, 4.69) is 21.9 Å². The minimum absolute atomic E-state index is 0.149. The molecular weight excluding hydrogens is 290 g/mol. The highest BCUT2D eigenvalue weighted by molar-refractivity contribution is 7.88. The Balaban J connectivity index is 2.67. The van der Waals surface area contributed by atoms with Crippen LogP contribution in [-0.4, -0.2) is 40.2 Å². The molecule has 0 unspecified atom stereocenters. The Morgan fingerprint density at radius 3 is 2.62 bits per heavy atom. The van der Waals surface area contributed by atoms with Crippen LogP contribution >= 0.6 is 0 Å². The molecule has 114 valence electrons.